The van der Waals surface area contributed by atoms with Crippen molar-refractivity contribution in [1.29, 1.82) is 0 Å². The molecule has 1 aromatic rings. The first-order valence-electron chi connectivity index (χ1n) is 3.30. The number of nitrogens with zero attached hydrogens (tertiary/aromatic N) is 2. The van der Waals surface area contributed by atoms with Crippen LogP contribution in [0.15, 0.2) is 29.2 Å². The Morgan fingerprint density at radius 3 is 2.47 bits per heavy atom. The van der Waals surface area contributed by atoms with E-state index in [1.165, 1.54) is 18.2 Å². The van der Waals surface area contributed by atoms with Crippen LogP contribution in [0, 0.1) is 10.1 Å². The van der Waals surface area contributed by atoms with E-state index in [1.807, 2.05) is 0 Å². The van der Waals surface area contributed by atoms with Gasteiger partial charge in [0, 0.05) is 12.1 Å². The van der Waals surface area contributed by atoms with Crippen LogP contribution >= 0.6 is 11.8 Å². The summed E-state index contributed by atoms with van der Waals surface area (Å²) < 4.78 is 24.7. The van der Waals surface area contributed by atoms with Crippen molar-refractivity contribution in [2.75, 3.05) is 0 Å². The predicted octanol–water partition coefficient (Wildman–Crippen LogP) is -1.19. The zero-order chi connectivity index (χ0) is 10.8. The molecule has 0 heterocycles. The minimum absolute atomic E-state index is 0. The maximum Gasteiger partial charge on any atom is 1.00 e. The van der Waals surface area contributed by atoms with Crippen LogP contribution in [0.3, 0.4) is 0 Å². The van der Waals surface area contributed by atoms with E-state index in [4.69, 9.17) is 11.8 Å². The summed E-state index contributed by atoms with van der Waals surface area (Å²) in [7, 11) is -3.97. The Bertz CT molecular complexity index is 464. The van der Waals surface area contributed by atoms with E-state index in [0.717, 1.165) is 6.07 Å². The molecule has 0 amide bonds. The maximum atomic E-state index is 11.1. The number of benzene rings is 1. The number of nitro groups is 1. The summed E-state index contributed by atoms with van der Waals surface area (Å²) in [6.45, 7) is 0. The van der Waals surface area contributed by atoms with E-state index < -0.39 is 14.9 Å². The van der Waals surface area contributed by atoms with Gasteiger partial charge >= 0.3 is 29.6 Å². The third-order valence-electron chi connectivity index (χ3n) is 1.42. The van der Waals surface area contributed by atoms with Crippen LogP contribution in [0.4, 0.5) is 5.69 Å². The molecule has 0 aromatic heterocycles. The fraction of sp³-hybridized carbons (Fsp3) is 0. The molecule has 0 spiro atoms. The molecule has 0 saturated heterocycles. The third-order valence-corrected chi connectivity index (χ3v) is 2.99. The topological polar surface area (TPSA) is 91.4 Å². The predicted molar refractivity (Wildman–Crippen MR) is 49.5 cm³/mol. The molecule has 0 N–H and O–H groups in total. The molecule has 6 nitrogen and oxygen atoms in total. The minimum atomic E-state index is -3.97. The van der Waals surface area contributed by atoms with Crippen LogP contribution in [0.25, 0.3) is 4.24 Å². The van der Waals surface area contributed by atoms with Crippen molar-refractivity contribution in [3.63, 3.8) is 0 Å². The van der Waals surface area contributed by atoms with Gasteiger partial charge in [0.2, 0.25) is 0 Å². The number of rotatable bonds is 3. The van der Waals surface area contributed by atoms with Gasteiger partial charge < -0.3 is 4.24 Å². The van der Waals surface area contributed by atoms with Gasteiger partial charge in [0.05, 0.1) is 9.82 Å². The number of non-ortho nitro benzene ring substituents is 1. The first-order chi connectivity index (χ1) is 6.47. The first kappa shape index (κ1) is 14.8. The number of hydrogen-bond acceptors (Lipinski definition) is 4. The summed E-state index contributed by atoms with van der Waals surface area (Å²) in [5.41, 5.74) is -0.327. The molecular formula is C6H4ClN2NaO4S. The average molecular weight is 259 g/mol. The zero-order valence-corrected chi connectivity index (χ0v) is 11.2. The summed E-state index contributed by atoms with van der Waals surface area (Å²) in [4.78, 5) is 9.31. The van der Waals surface area contributed by atoms with Gasteiger partial charge in [0.15, 0.2) is 0 Å². The molecule has 0 aliphatic heterocycles. The fourth-order valence-corrected chi connectivity index (χ4v) is 1.64. The van der Waals surface area contributed by atoms with E-state index in [1.54, 1.807) is 0 Å². The van der Waals surface area contributed by atoms with Crippen molar-refractivity contribution < 1.29 is 42.9 Å². The van der Waals surface area contributed by atoms with Gasteiger partial charge in [-0.15, -0.1) is 0 Å². The summed E-state index contributed by atoms with van der Waals surface area (Å²) in [6.07, 6.45) is 0. The van der Waals surface area contributed by atoms with Gasteiger partial charge in [0.25, 0.3) is 5.69 Å². The second-order valence-corrected chi connectivity index (χ2v) is 4.27. The van der Waals surface area contributed by atoms with Gasteiger partial charge in [-0.25, -0.2) is 8.42 Å². The number of sulfonamides is 1. The van der Waals surface area contributed by atoms with Gasteiger partial charge in [-0.2, -0.15) is 0 Å². The summed E-state index contributed by atoms with van der Waals surface area (Å²) >= 11 is 4.83. The molecule has 0 aliphatic carbocycles. The Morgan fingerprint density at radius 2 is 2.00 bits per heavy atom. The largest absolute Gasteiger partial charge is 1.00 e. The first-order valence-corrected chi connectivity index (χ1v) is 5.08. The third kappa shape index (κ3) is 3.71. The van der Waals surface area contributed by atoms with Crippen molar-refractivity contribution in [3.05, 3.63) is 38.6 Å². The van der Waals surface area contributed by atoms with E-state index in [-0.39, 0.29) is 40.1 Å². The van der Waals surface area contributed by atoms with Gasteiger partial charge in [-0.05, 0) is 6.07 Å². The summed E-state index contributed by atoms with van der Waals surface area (Å²) in [6, 6.07) is 4.48. The summed E-state index contributed by atoms with van der Waals surface area (Å²) in [5, 5.41) is 10.3. The Hall–Kier alpha value is -0.180. The molecule has 0 aliphatic rings. The quantitative estimate of drug-likeness (QED) is 0.387. The standard InChI is InChI=1S/C6H4ClN2O4S.Na/c7-8-14(12,13)6-3-1-2-5(4-6)9(10)11;/h1-4H;/q-1;+1. The monoisotopic (exact) mass is 258 g/mol. The average Bonchev–Trinajstić information content (AvgIpc) is 2.18. The summed E-state index contributed by atoms with van der Waals surface area (Å²) in [5.74, 6) is 0. The molecule has 0 radical (unpaired) electrons. The number of halogens is 1. The normalized spacial score (nSPS) is 10.5. The van der Waals surface area contributed by atoms with Crippen LogP contribution in [0.2, 0.25) is 0 Å². The van der Waals surface area contributed by atoms with Crippen molar-refractivity contribution >= 4 is 27.5 Å². The Kier molecular flexibility index (Phi) is 5.71. The molecule has 0 atom stereocenters. The molecule has 1 rings (SSSR count). The molecule has 9 heteroatoms. The van der Waals surface area contributed by atoms with Crippen molar-refractivity contribution in [3.8, 4) is 0 Å². The van der Waals surface area contributed by atoms with E-state index in [2.05, 4.69) is 4.24 Å². The zero-order valence-electron chi connectivity index (χ0n) is 7.62. The fourth-order valence-electron chi connectivity index (χ4n) is 0.797. The molecule has 1 aromatic carbocycles. The minimum Gasteiger partial charge on any atom is -0.458 e. The van der Waals surface area contributed by atoms with Gasteiger partial charge in [-0.3, -0.25) is 21.9 Å². The molecule has 0 fully saturated rings. The van der Waals surface area contributed by atoms with Gasteiger partial charge in [-0.1, -0.05) is 6.07 Å². The van der Waals surface area contributed by atoms with Crippen molar-refractivity contribution in [2.45, 2.75) is 4.90 Å². The molecule has 76 valence electrons. The van der Waals surface area contributed by atoms with Crippen LogP contribution < -0.4 is 29.6 Å². The van der Waals surface area contributed by atoms with E-state index in [9.17, 15) is 18.5 Å². The maximum absolute atomic E-state index is 11.1. The molecule has 0 bridgehead atoms. The second kappa shape index (κ2) is 5.78. The van der Waals surface area contributed by atoms with Crippen molar-refractivity contribution in [1.82, 2.24) is 0 Å². The number of hydrogen-bond donors (Lipinski definition) is 0. The SMILES string of the molecule is O=[N+]([O-])c1cccc(S(=O)(=O)[N-]Cl)c1.[Na+]. The smallest absolute Gasteiger partial charge is 0.458 e. The molecular weight excluding hydrogens is 255 g/mol. The van der Waals surface area contributed by atoms with Crippen LogP contribution in [-0.4, -0.2) is 13.3 Å². The second-order valence-electron chi connectivity index (χ2n) is 2.30. The Labute approximate surface area is 113 Å². The molecule has 0 unspecified atom stereocenters. The Balaban J connectivity index is 0.00000196. The molecule has 15 heavy (non-hydrogen) atoms. The van der Waals surface area contributed by atoms with Crippen molar-refractivity contribution in [2.24, 2.45) is 0 Å². The van der Waals surface area contributed by atoms with Crippen LogP contribution in [0.1, 0.15) is 0 Å². The Morgan fingerprint density at radius 1 is 1.40 bits per heavy atom. The van der Waals surface area contributed by atoms with E-state index >= 15 is 0 Å². The molecule has 0 saturated carbocycles. The number of nitro benzene ring substituents is 1. The van der Waals surface area contributed by atoms with Gasteiger partial charge in [0.1, 0.15) is 10.0 Å². The van der Waals surface area contributed by atoms with Crippen LogP contribution in [-0.2, 0) is 10.0 Å². The van der Waals surface area contributed by atoms with Crippen LogP contribution in [0.5, 0.6) is 0 Å². The van der Waals surface area contributed by atoms with E-state index in [0.29, 0.717) is 0 Å².